The lowest BCUT2D eigenvalue weighted by Gasteiger charge is -2.14. The van der Waals surface area contributed by atoms with Gasteiger partial charge in [-0.3, -0.25) is 9.59 Å². The Labute approximate surface area is 199 Å². The molecule has 8 heteroatoms. The van der Waals surface area contributed by atoms with Gasteiger partial charge in [-0.15, -0.1) is 0 Å². The number of amides is 2. The van der Waals surface area contributed by atoms with Gasteiger partial charge in [-0.25, -0.2) is 0 Å². The molecular formula is C22H21BrCl2N2O2S. The molecule has 0 saturated carbocycles. The molecule has 158 valence electrons. The van der Waals surface area contributed by atoms with Gasteiger partial charge in [0.25, 0.3) is 0 Å². The van der Waals surface area contributed by atoms with Crippen LogP contribution in [0.15, 0.2) is 56.7 Å². The zero-order valence-electron chi connectivity index (χ0n) is 16.2. The van der Waals surface area contributed by atoms with Gasteiger partial charge in [-0.05, 0) is 48.7 Å². The third kappa shape index (κ3) is 6.51. The van der Waals surface area contributed by atoms with Crippen LogP contribution in [0.5, 0.6) is 0 Å². The van der Waals surface area contributed by atoms with E-state index < -0.39 is 0 Å². The second-order valence-electron chi connectivity index (χ2n) is 6.80. The SMILES string of the molecule is O=C(C=Cc1ccc(Sc2cccc(Br)c2)c(Cl)c1Cl)NCCCN1CCCC1=O. The van der Waals surface area contributed by atoms with Crippen molar-refractivity contribution in [3.8, 4) is 0 Å². The molecule has 0 bridgehead atoms. The summed E-state index contributed by atoms with van der Waals surface area (Å²) in [4.78, 5) is 27.3. The predicted octanol–water partition coefficient (Wildman–Crippen LogP) is 6.05. The number of carbonyl (C=O) groups excluding carboxylic acids is 2. The Morgan fingerprint density at radius 3 is 2.80 bits per heavy atom. The van der Waals surface area contributed by atoms with Crippen LogP contribution in [0.25, 0.3) is 6.08 Å². The lowest BCUT2D eigenvalue weighted by Crippen LogP contribution is -2.29. The minimum Gasteiger partial charge on any atom is -0.352 e. The molecule has 3 rings (SSSR count). The molecule has 1 fully saturated rings. The fourth-order valence-corrected chi connectivity index (χ4v) is 5.09. The van der Waals surface area contributed by atoms with Gasteiger partial charge in [0.2, 0.25) is 11.8 Å². The van der Waals surface area contributed by atoms with Crippen LogP contribution < -0.4 is 5.32 Å². The van der Waals surface area contributed by atoms with Crippen molar-refractivity contribution in [2.24, 2.45) is 0 Å². The van der Waals surface area contributed by atoms with E-state index >= 15 is 0 Å². The highest BCUT2D eigenvalue weighted by molar-refractivity contribution is 9.10. The van der Waals surface area contributed by atoms with Gasteiger partial charge in [0.15, 0.2) is 0 Å². The molecule has 0 atom stereocenters. The fourth-order valence-electron chi connectivity index (χ4n) is 3.06. The van der Waals surface area contributed by atoms with Crippen LogP contribution in [0.3, 0.4) is 0 Å². The van der Waals surface area contributed by atoms with Crippen molar-refractivity contribution < 1.29 is 9.59 Å². The zero-order chi connectivity index (χ0) is 21.5. The Morgan fingerprint density at radius 2 is 2.07 bits per heavy atom. The summed E-state index contributed by atoms with van der Waals surface area (Å²) in [6.07, 6.45) is 5.40. The van der Waals surface area contributed by atoms with Gasteiger partial charge < -0.3 is 10.2 Å². The molecular weight excluding hydrogens is 507 g/mol. The minimum atomic E-state index is -0.206. The fraction of sp³-hybridized carbons (Fsp3) is 0.273. The Kier molecular flexibility index (Phi) is 8.69. The molecule has 2 aromatic carbocycles. The summed E-state index contributed by atoms with van der Waals surface area (Å²) in [6, 6.07) is 11.7. The topological polar surface area (TPSA) is 49.4 Å². The van der Waals surface area contributed by atoms with E-state index in [1.165, 1.54) is 17.8 Å². The largest absolute Gasteiger partial charge is 0.352 e. The first-order chi connectivity index (χ1) is 14.4. The quantitative estimate of drug-likeness (QED) is 0.336. The van der Waals surface area contributed by atoms with Crippen molar-refractivity contribution in [3.63, 3.8) is 0 Å². The van der Waals surface area contributed by atoms with Crippen molar-refractivity contribution in [2.45, 2.75) is 29.1 Å². The van der Waals surface area contributed by atoms with Crippen molar-refractivity contribution in [2.75, 3.05) is 19.6 Å². The number of carbonyl (C=O) groups is 2. The average Bonchev–Trinajstić information content (AvgIpc) is 3.13. The summed E-state index contributed by atoms with van der Waals surface area (Å²) < 4.78 is 0.993. The average molecular weight is 528 g/mol. The molecule has 2 amide bonds. The first kappa shape index (κ1) is 23.2. The molecule has 4 nitrogen and oxygen atoms in total. The molecule has 0 unspecified atom stereocenters. The molecule has 0 aromatic heterocycles. The standard InChI is InChI=1S/C22H21BrCl2N2O2S/c23-16-4-1-5-17(14-16)30-18-9-7-15(21(24)22(18)25)8-10-19(28)26-11-3-13-27-12-2-6-20(27)29/h1,4-5,7-10,14H,2-3,6,11-13H2,(H,26,28). The summed E-state index contributed by atoms with van der Waals surface area (Å²) in [6.45, 7) is 2.02. The van der Waals surface area contributed by atoms with E-state index in [0.29, 0.717) is 35.1 Å². The highest BCUT2D eigenvalue weighted by atomic mass is 79.9. The first-order valence-electron chi connectivity index (χ1n) is 9.59. The van der Waals surface area contributed by atoms with Crippen LogP contribution in [-0.4, -0.2) is 36.3 Å². The number of nitrogens with zero attached hydrogens (tertiary/aromatic N) is 1. The molecule has 1 aliphatic heterocycles. The maximum atomic E-state index is 12.0. The first-order valence-corrected chi connectivity index (χ1v) is 12.0. The van der Waals surface area contributed by atoms with Crippen molar-refractivity contribution in [1.82, 2.24) is 10.2 Å². The van der Waals surface area contributed by atoms with Gasteiger partial charge >= 0.3 is 0 Å². The molecule has 1 aliphatic rings. The summed E-state index contributed by atoms with van der Waals surface area (Å²) in [5, 5.41) is 3.70. The second-order valence-corrected chi connectivity index (χ2v) is 9.59. The molecule has 1 N–H and O–H groups in total. The Balaban J connectivity index is 1.52. The number of benzene rings is 2. The zero-order valence-corrected chi connectivity index (χ0v) is 20.1. The normalized spacial score (nSPS) is 14.0. The van der Waals surface area contributed by atoms with E-state index in [9.17, 15) is 9.59 Å². The van der Waals surface area contributed by atoms with E-state index in [4.69, 9.17) is 23.2 Å². The van der Waals surface area contributed by atoms with Crippen molar-refractivity contribution in [1.29, 1.82) is 0 Å². The summed E-state index contributed by atoms with van der Waals surface area (Å²) in [5.74, 6) is -0.00298. The smallest absolute Gasteiger partial charge is 0.244 e. The number of hydrogen-bond acceptors (Lipinski definition) is 3. The summed E-state index contributed by atoms with van der Waals surface area (Å²) >= 11 is 17.8. The molecule has 30 heavy (non-hydrogen) atoms. The summed E-state index contributed by atoms with van der Waals surface area (Å²) in [5.41, 5.74) is 0.679. The lowest BCUT2D eigenvalue weighted by atomic mass is 10.2. The molecule has 1 saturated heterocycles. The third-order valence-electron chi connectivity index (χ3n) is 4.59. The van der Waals surface area contributed by atoms with Crippen LogP contribution in [0.4, 0.5) is 0 Å². The van der Waals surface area contributed by atoms with E-state index in [0.717, 1.165) is 33.7 Å². The Bertz CT molecular complexity index is 968. The predicted molar refractivity (Wildman–Crippen MR) is 127 cm³/mol. The summed E-state index contributed by atoms with van der Waals surface area (Å²) in [7, 11) is 0. The molecule has 0 aliphatic carbocycles. The molecule has 0 spiro atoms. The van der Waals surface area contributed by atoms with Gasteiger partial charge in [-0.1, -0.05) is 63.0 Å². The maximum absolute atomic E-state index is 12.0. The Hall–Kier alpha value is -1.47. The van der Waals surface area contributed by atoms with Gasteiger partial charge in [-0.2, -0.15) is 0 Å². The maximum Gasteiger partial charge on any atom is 0.244 e. The van der Waals surface area contributed by atoms with E-state index in [-0.39, 0.29) is 11.8 Å². The van der Waals surface area contributed by atoms with E-state index in [2.05, 4.69) is 21.2 Å². The minimum absolute atomic E-state index is 0.203. The second kappa shape index (κ2) is 11.2. The van der Waals surface area contributed by atoms with Crippen LogP contribution in [-0.2, 0) is 9.59 Å². The highest BCUT2D eigenvalue weighted by Crippen LogP contribution is 2.39. The van der Waals surface area contributed by atoms with Crippen LogP contribution in [0.1, 0.15) is 24.8 Å². The van der Waals surface area contributed by atoms with Crippen molar-refractivity contribution >= 4 is 68.8 Å². The van der Waals surface area contributed by atoms with Gasteiger partial charge in [0.05, 0.1) is 10.0 Å². The number of rotatable bonds is 8. The van der Waals surface area contributed by atoms with Crippen LogP contribution in [0.2, 0.25) is 10.0 Å². The van der Waals surface area contributed by atoms with Crippen LogP contribution >= 0.6 is 50.9 Å². The van der Waals surface area contributed by atoms with E-state index in [1.807, 2.05) is 41.3 Å². The number of hydrogen-bond donors (Lipinski definition) is 1. The molecule has 1 heterocycles. The monoisotopic (exact) mass is 526 g/mol. The molecule has 0 radical (unpaired) electrons. The number of likely N-dealkylation sites (tertiary alicyclic amines) is 1. The van der Waals surface area contributed by atoms with Gasteiger partial charge in [0.1, 0.15) is 0 Å². The van der Waals surface area contributed by atoms with Gasteiger partial charge in [0, 0.05) is 46.4 Å². The van der Waals surface area contributed by atoms with E-state index in [1.54, 1.807) is 6.08 Å². The van der Waals surface area contributed by atoms with Crippen LogP contribution in [0, 0.1) is 0 Å². The van der Waals surface area contributed by atoms with Crippen molar-refractivity contribution in [3.05, 3.63) is 62.6 Å². The third-order valence-corrected chi connectivity index (χ3v) is 7.14. The molecule has 2 aromatic rings. The number of halogens is 3. The lowest BCUT2D eigenvalue weighted by molar-refractivity contribution is -0.127. The number of nitrogens with one attached hydrogen (secondary N) is 1. The Morgan fingerprint density at radius 1 is 1.23 bits per heavy atom. The highest BCUT2D eigenvalue weighted by Gasteiger charge is 2.19.